The van der Waals surface area contributed by atoms with Crippen molar-refractivity contribution in [3.63, 3.8) is 0 Å². The molecule has 2 nitrogen and oxygen atoms in total. The van der Waals surface area contributed by atoms with Gasteiger partial charge in [-0.15, -0.1) is 0 Å². The van der Waals surface area contributed by atoms with Gasteiger partial charge in [0.1, 0.15) is 0 Å². The van der Waals surface area contributed by atoms with Crippen LogP contribution in [-0.2, 0) is 0 Å². The minimum atomic E-state index is 0.486. The maximum Gasteiger partial charge on any atom is 0.0991 e. The lowest BCUT2D eigenvalue weighted by molar-refractivity contribution is 0.333. The Morgan fingerprint density at radius 3 is 3.27 bits per heavy atom. The molecule has 1 aliphatic carbocycles. The zero-order valence-electron chi connectivity index (χ0n) is 6.62. The van der Waals surface area contributed by atoms with Gasteiger partial charge >= 0.3 is 0 Å². The summed E-state index contributed by atoms with van der Waals surface area (Å²) in [6.45, 7) is 0. The van der Waals surface area contributed by atoms with Crippen LogP contribution < -0.4 is 5.73 Å². The molecule has 1 aliphatic heterocycles. The van der Waals surface area contributed by atoms with Gasteiger partial charge in [-0.2, -0.15) is 0 Å². The molecule has 2 rings (SSSR count). The Kier molecular flexibility index (Phi) is 1.28. The Hall–Kier alpha value is -1.18. The van der Waals surface area contributed by atoms with Gasteiger partial charge in [0, 0.05) is 7.05 Å². The number of hydrogen-bond donors (Lipinski definition) is 1. The average molecular weight is 148 g/mol. The SMILES string of the molecule is CN1C(N)=CC2=CC=CC1C2. The molecule has 0 amide bonds. The highest BCUT2D eigenvalue weighted by atomic mass is 15.2. The molecule has 0 aromatic carbocycles. The number of likely N-dealkylation sites (N-methyl/N-ethyl adjacent to an activating group) is 1. The van der Waals surface area contributed by atoms with Crippen molar-refractivity contribution >= 4 is 0 Å². The fraction of sp³-hybridized carbons (Fsp3) is 0.333. The molecular weight excluding hydrogens is 136 g/mol. The first-order chi connectivity index (χ1) is 5.27. The molecule has 0 saturated heterocycles. The Labute approximate surface area is 66.7 Å². The molecule has 0 radical (unpaired) electrons. The van der Waals surface area contributed by atoms with Gasteiger partial charge in [-0.1, -0.05) is 18.2 Å². The second kappa shape index (κ2) is 2.16. The lowest BCUT2D eigenvalue weighted by Gasteiger charge is -2.33. The first kappa shape index (κ1) is 6.53. The highest BCUT2D eigenvalue weighted by molar-refractivity contribution is 5.35. The van der Waals surface area contributed by atoms with Crippen LogP contribution in [0.4, 0.5) is 0 Å². The van der Waals surface area contributed by atoms with Crippen molar-refractivity contribution in [2.24, 2.45) is 5.73 Å². The van der Waals surface area contributed by atoms with Gasteiger partial charge in [-0.25, -0.2) is 0 Å². The predicted molar refractivity (Wildman–Crippen MR) is 45.7 cm³/mol. The number of rotatable bonds is 0. The molecule has 0 fully saturated rings. The largest absolute Gasteiger partial charge is 0.385 e. The van der Waals surface area contributed by atoms with Gasteiger partial charge < -0.3 is 10.6 Å². The Bertz CT molecular complexity index is 261. The fourth-order valence-corrected chi connectivity index (χ4v) is 1.54. The maximum atomic E-state index is 5.78. The third-order valence-electron chi connectivity index (χ3n) is 2.33. The highest BCUT2D eigenvalue weighted by Gasteiger charge is 2.20. The molecule has 0 aromatic heterocycles. The van der Waals surface area contributed by atoms with Crippen LogP contribution >= 0.6 is 0 Å². The Morgan fingerprint density at radius 2 is 2.45 bits per heavy atom. The van der Waals surface area contributed by atoms with Crippen LogP contribution in [0.2, 0.25) is 0 Å². The van der Waals surface area contributed by atoms with Gasteiger partial charge in [0.2, 0.25) is 0 Å². The molecule has 11 heavy (non-hydrogen) atoms. The molecule has 0 aromatic rings. The number of allylic oxidation sites excluding steroid dienone is 3. The van der Waals surface area contributed by atoms with Crippen LogP contribution in [0.25, 0.3) is 0 Å². The molecule has 2 bridgehead atoms. The van der Waals surface area contributed by atoms with Crippen LogP contribution in [0.15, 0.2) is 35.7 Å². The van der Waals surface area contributed by atoms with Crippen LogP contribution in [0.3, 0.4) is 0 Å². The predicted octanol–water partition coefficient (Wildman–Crippen LogP) is 0.987. The molecule has 0 saturated carbocycles. The minimum absolute atomic E-state index is 0.486. The van der Waals surface area contributed by atoms with Crippen LogP contribution in [0.1, 0.15) is 6.42 Å². The van der Waals surface area contributed by atoms with E-state index in [0.717, 1.165) is 12.2 Å². The maximum absolute atomic E-state index is 5.78. The second-order valence-electron chi connectivity index (χ2n) is 3.08. The Morgan fingerprint density at radius 1 is 1.64 bits per heavy atom. The van der Waals surface area contributed by atoms with Crippen molar-refractivity contribution in [3.8, 4) is 0 Å². The summed E-state index contributed by atoms with van der Waals surface area (Å²) in [4.78, 5) is 2.10. The van der Waals surface area contributed by atoms with Crippen molar-refractivity contribution in [3.05, 3.63) is 35.7 Å². The summed E-state index contributed by atoms with van der Waals surface area (Å²) in [7, 11) is 2.03. The van der Waals surface area contributed by atoms with E-state index in [0.29, 0.717) is 6.04 Å². The van der Waals surface area contributed by atoms with E-state index >= 15 is 0 Å². The smallest absolute Gasteiger partial charge is 0.0991 e. The molecule has 2 aliphatic rings. The number of hydrogen-bond acceptors (Lipinski definition) is 2. The molecule has 1 unspecified atom stereocenters. The van der Waals surface area contributed by atoms with E-state index in [1.165, 1.54) is 5.57 Å². The third-order valence-corrected chi connectivity index (χ3v) is 2.33. The zero-order valence-corrected chi connectivity index (χ0v) is 6.62. The summed E-state index contributed by atoms with van der Waals surface area (Å²) in [5.74, 6) is 0.872. The van der Waals surface area contributed by atoms with E-state index in [1.54, 1.807) is 0 Å². The average Bonchev–Trinajstić information content (AvgIpc) is 2.01. The first-order valence-corrected chi connectivity index (χ1v) is 3.85. The summed E-state index contributed by atoms with van der Waals surface area (Å²) in [6.07, 6.45) is 9.55. The first-order valence-electron chi connectivity index (χ1n) is 3.85. The number of fused-ring (bicyclic) bond motifs is 2. The lowest BCUT2D eigenvalue weighted by atomic mass is 9.96. The number of nitrogens with two attached hydrogens (primary N) is 1. The lowest BCUT2D eigenvalue weighted by Crippen LogP contribution is -2.37. The van der Waals surface area contributed by atoms with Gasteiger partial charge in [0.25, 0.3) is 0 Å². The van der Waals surface area contributed by atoms with Crippen LogP contribution in [0.5, 0.6) is 0 Å². The summed E-state index contributed by atoms with van der Waals surface area (Å²) < 4.78 is 0. The topological polar surface area (TPSA) is 29.3 Å². The summed E-state index contributed by atoms with van der Waals surface area (Å²) in [6, 6.07) is 0.486. The molecule has 1 heterocycles. The van der Waals surface area contributed by atoms with E-state index in [9.17, 15) is 0 Å². The summed E-state index contributed by atoms with van der Waals surface area (Å²) >= 11 is 0. The summed E-state index contributed by atoms with van der Waals surface area (Å²) in [5.41, 5.74) is 7.12. The van der Waals surface area contributed by atoms with E-state index in [2.05, 4.69) is 23.1 Å². The minimum Gasteiger partial charge on any atom is -0.385 e. The van der Waals surface area contributed by atoms with Crippen molar-refractivity contribution in [2.45, 2.75) is 12.5 Å². The van der Waals surface area contributed by atoms with Gasteiger partial charge in [-0.05, 0) is 18.1 Å². The zero-order chi connectivity index (χ0) is 7.84. The van der Waals surface area contributed by atoms with Crippen LogP contribution in [-0.4, -0.2) is 18.0 Å². The Balaban J connectivity index is 2.40. The summed E-state index contributed by atoms with van der Waals surface area (Å²) in [5, 5.41) is 0. The van der Waals surface area contributed by atoms with Crippen molar-refractivity contribution in [2.75, 3.05) is 7.05 Å². The van der Waals surface area contributed by atoms with E-state index in [4.69, 9.17) is 5.73 Å². The monoisotopic (exact) mass is 148 g/mol. The van der Waals surface area contributed by atoms with E-state index in [1.807, 2.05) is 13.1 Å². The molecule has 0 spiro atoms. The highest BCUT2D eigenvalue weighted by Crippen LogP contribution is 2.24. The quantitative estimate of drug-likeness (QED) is 0.555. The van der Waals surface area contributed by atoms with Crippen molar-refractivity contribution < 1.29 is 0 Å². The molecule has 1 atom stereocenters. The normalized spacial score (nSPS) is 28.1. The van der Waals surface area contributed by atoms with Crippen LogP contribution in [0, 0.1) is 0 Å². The van der Waals surface area contributed by atoms with Gasteiger partial charge in [0.05, 0.1) is 11.9 Å². The van der Waals surface area contributed by atoms with Gasteiger partial charge in [0.15, 0.2) is 0 Å². The molecule has 2 heteroatoms. The fourth-order valence-electron chi connectivity index (χ4n) is 1.54. The molecular formula is C9H12N2. The second-order valence-corrected chi connectivity index (χ2v) is 3.08. The van der Waals surface area contributed by atoms with Crippen molar-refractivity contribution in [1.82, 2.24) is 4.90 Å². The van der Waals surface area contributed by atoms with Crippen molar-refractivity contribution in [1.29, 1.82) is 0 Å². The van der Waals surface area contributed by atoms with Gasteiger partial charge in [-0.3, -0.25) is 0 Å². The third kappa shape index (κ3) is 0.946. The van der Waals surface area contributed by atoms with E-state index in [-0.39, 0.29) is 0 Å². The standard InChI is InChI=1S/C9H12N2/c1-11-8-4-2-3-7(5-8)6-9(11)10/h2-4,6,8H,5,10H2,1H3. The molecule has 2 N–H and O–H groups in total. The van der Waals surface area contributed by atoms with E-state index < -0.39 is 0 Å². The molecule has 58 valence electrons. The number of nitrogens with zero attached hydrogens (tertiary/aromatic N) is 1.